The maximum atomic E-state index is 13.3. The summed E-state index contributed by atoms with van der Waals surface area (Å²) < 4.78 is 23.9. The number of methoxy groups -OCH3 is 1. The van der Waals surface area contributed by atoms with Crippen LogP contribution in [0.2, 0.25) is 0 Å². The lowest BCUT2D eigenvalue weighted by atomic mass is 10.1. The summed E-state index contributed by atoms with van der Waals surface area (Å²) in [4.78, 5) is 6.54. The highest BCUT2D eigenvalue weighted by Crippen LogP contribution is 2.24. The highest BCUT2D eigenvalue weighted by molar-refractivity contribution is 5.30. The Morgan fingerprint density at radius 1 is 1.19 bits per heavy atom. The Labute approximate surface area is 152 Å². The van der Waals surface area contributed by atoms with Crippen LogP contribution >= 0.6 is 0 Å². The third-order valence-electron chi connectivity index (χ3n) is 4.38. The molecule has 0 aliphatic heterocycles. The van der Waals surface area contributed by atoms with E-state index in [1.54, 1.807) is 13.2 Å². The second-order valence-corrected chi connectivity index (χ2v) is 6.28. The van der Waals surface area contributed by atoms with Gasteiger partial charge in [-0.15, -0.1) is 0 Å². The molecule has 0 spiro atoms. The fourth-order valence-electron chi connectivity index (χ4n) is 2.76. The molecule has 5 nitrogen and oxygen atoms in total. The van der Waals surface area contributed by atoms with Crippen molar-refractivity contribution in [1.29, 1.82) is 0 Å². The molecule has 1 heterocycles. The lowest BCUT2D eigenvalue weighted by Gasteiger charge is -2.23. The molecule has 0 unspecified atom stereocenters. The van der Waals surface area contributed by atoms with E-state index in [0.717, 1.165) is 16.9 Å². The summed E-state index contributed by atoms with van der Waals surface area (Å²) in [6.07, 6.45) is 0.441. The molecule has 0 fully saturated rings. The van der Waals surface area contributed by atoms with Gasteiger partial charge in [0.15, 0.2) is 5.82 Å². The third-order valence-corrected chi connectivity index (χ3v) is 4.38. The number of rotatable bonds is 7. The predicted molar refractivity (Wildman–Crippen MR) is 96.4 cm³/mol. The summed E-state index contributed by atoms with van der Waals surface area (Å²) in [5.41, 5.74) is 1.96. The molecule has 1 aromatic heterocycles. The van der Waals surface area contributed by atoms with E-state index < -0.39 is 0 Å². The fraction of sp³-hybridized carbons (Fsp3) is 0.300. The molecule has 3 aromatic rings. The minimum Gasteiger partial charge on any atom is -0.497 e. The predicted octanol–water partition coefficient (Wildman–Crippen LogP) is 4.00. The monoisotopic (exact) mass is 355 g/mol. The molecule has 0 saturated carbocycles. The van der Waals surface area contributed by atoms with Crippen LogP contribution < -0.4 is 4.74 Å². The fourth-order valence-corrected chi connectivity index (χ4v) is 2.76. The molecule has 2 aromatic carbocycles. The van der Waals surface area contributed by atoms with Gasteiger partial charge in [-0.05, 0) is 49.4 Å². The number of halogens is 1. The first-order chi connectivity index (χ1) is 12.5. The summed E-state index contributed by atoms with van der Waals surface area (Å²) >= 11 is 0. The number of benzene rings is 2. The Hall–Kier alpha value is -2.73. The van der Waals surface area contributed by atoms with Gasteiger partial charge in [0, 0.05) is 12.5 Å². The first-order valence-corrected chi connectivity index (χ1v) is 8.45. The van der Waals surface area contributed by atoms with Crippen LogP contribution in [-0.2, 0) is 13.0 Å². The summed E-state index contributed by atoms with van der Waals surface area (Å²) in [6.45, 7) is 2.63. The average molecular weight is 355 g/mol. The van der Waals surface area contributed by atoms with Gasteiger partial charge in [-0.2, -0.15) is 4.98 Å². The van der Waals surface area contributed by atoms with Crippen molar-refractivity contribution >= 4 is 0 Å². The normalized spacial score (nSPS) is 12.3. The van der Waals surface area contributed by atoms with Crippen LogP contribution in [0.4, 0.5) is 4.39 Å². The van der Waals surface area contributed by atoms with Crippen molar-refractivity contribution in [2.45, 2.75) is 25.9 Å². The van der Waals surface area contributed by atoms with Crippen molar-refractivity contribution in [3.8, 4) is 5.75 Å². The van der Waals surface area contributed by atoms with Crippen molar-refractivity contribution in [2.75, 3.05) is 14.2 Å². The minimum atomic E-state index is -0.266. The maximum absolute atomic E-state index is 13.3. The van der Waals surface area contributed by atoms with E-state index in [9.17, 15) is 4.39 Å². The highest BCUT2D eigenvalue weighted by atomic mass is 19.1. The summed E-state index contributed by atoms with van der Waals surface area (Å²) in [5.74, 6) is 1.65. The van der Waals surface area contributed by atoms with E-state index in [1.165, 1.54) is 12.1 Å². The van der Waals surface area contributed by atoms with Crippen molar-refractivity contribution < 1.29 is 13.7 Å². The number of hydrogen-bond donors (Lipinski definition) is 0. The lowest BCUT2D eigenvalue weighted by molar-refractivity contribution is 0.216. The van der Waals surface area contributed by atoms with Crippen LogP contribution in [0.3, 0.4) is 0 Å². The Morgan fingerprint density at radius 3 is 2.77 bits per heavy atom. The number of ether oxygens (including phenoxy) is 1. The Morgan fingerprint density at radius 2 is 2.00 bits per heavy atom. The van der Waals surface area contributed by atoms with Gasteiger partial charge in [0.25, 0.3) is 0 Å². The molecular weight excluding hydrogens is 333 g/mol. The first kappa shape index (κ1) is 18.1. The van der Waals surface area contributed by atoms with Crippen LogP contribution in [0, 0.1) is 5.82 Å². The second-order valence-electron chi connectivity index (χ2n) is 6.28. The van der Waals surface area contributed by atoms with Gasteiger partial charge >= 0.3 is 0 Å². The molecule has 3 rings (SSSR count). The largest absolute Gasteiger partial charge is 0.497 e. The van der Waals surface area contributed by atoms with Gasteiger partial charge < -0.3 is 9.26 Å². The molecule has 0 amide bonds. The van der Waals surface area contributed by atoms with Gasteiger partial charge in [-0.1, -0.05) is 29.4 Å². The van der Waals surface area contributed by atoms with Crippen LogP contribution in [-0.4, -0.2) is 29.2 Å². The van der Waals surface area contributed by atoms with Crippen molar-refractivity contribution in [2.24, 2.45) is 0 Å². The van der Waals surface area contributed by atoms with E-state index in [2.05, 4.69) is 28.0 Å². The van der Waals surface area contributed by atoms with Crippen LogP contribution in [0.5, 0.6) is 5.75 Å². The SMILES string of the molecule is COc1cccc([C@@H](C)N(C)Cc2nc(Cc3cccc(F)c3)no2)c1. The van der Waals surface area contributed by atoms with Crippen LogP contribution in [0.15, 0.2) is 53.1 Å². The summed E-state index contributed by atoms with van der Waals surface area (Å²) in [5, 5.41) is 4.00. The quantitative estimate of drug-likeness (QED) is 0.641. The molecule has 26 heavy (non-hydrogen) atoms. The summed E-state index contributed by atoms with van der Waals surface area (Å²) in [6, 6.07) is 14.5. The number of nitrogens with zero attached hydrogens (tertiary/aromatic N) is 3. The molecule has 1 atom stereocenters. The van der Waals surface area contributed by atoms with Crippen molar-refractivity contribution in [1.82, 2.24) is 15.0 Å². The molecule has 0 N–H and O–H groups in total. The molecule has 6 heteroatoms. The molecule has 0 saturated heterocycles. The van der Waals surface area contributed by atoms with Gasteiger partial charge in [0.05, 0.1) is 13.7 Å². The maximum Gasteiger partial charge on any atom is 0.240 e. The van der Waals surface area contributed by atoms with E-state index in [4.69, 9.17) is 9.26 Å². The zero-order valence-electron chi connectivity index (χ0n) is 15.1. The lowest BCUT2D eigenvalue weighted by Crippen LogP contribution is -2.22. The van der Waals surface area contributed by atoms with Gasteiger partial charge in [-0.3, -0.25) is 4.90 Å². The van der Waals surface area contributed by atoms with Crippen LogP contribution in [0.1, 0.15) is 35.8 Å². The number of hydrogen-bond acceptors (Lipinski definition) is 5. The average Bonchev–Trinajstić information content (AvgIpc) is 3.07. The van der Waals surface area contributed by atoms with Crippen molar-refractivity contribution in [3.05, 3.63) is 77.2 Å². The van der Waals surface area contributed by atoms with Gasteiger partial charge in [0.1, 0.15) is 11.6 Å². The summed E-state index contributed by atoms with van der Waals surface area (Å²) in [7, 11) is 3.66. The molecular formula is C20H22FN3O2. The zero-order chi connectivity index (χ0) is 18.5. The van der Waals surface area contributed by atoms with E-state index in [0.29, 0.717) is 24.7 Å². The van der Waals surface area contributed by atoms with Gasteiger partial charge in [0.2, 0.25) is 5.89 Å². The molecule has 0 radical (unpaired) electrons. The zero-order valence-corrected chi connectivity index (χ0v) is 15.1. The smallest absolute Gasteiger partial charge is 0.240 e. The molecule has 0 bridgehead atoms. The van der Waals surface area contributed by atoms with E-state index in [1.807, 2.05) is 31.3 Å². The van der Waals surface area contributed by atoms with Gasteiger partial charge in [-0.25, -0.2) is 4.39 Å². The van der Waals surface area contributed by atoms with Crippen molar-refractivity contribution in [3.63, 3.8) is 0 Å². The van der Waals surface area contributed by atoms with Crippen LogP contribution in [0.25, 0.3) is 0 Å². The Kier molecular flexibility index (Phi) is 5.63. The standard InChI is InChI=1S/C20H22FN3O2/c1-14(16-7-5-9-18(12-16)25-3)24(2)13-20-22-19(23-26-20)11-15-6-4-8-17(21)10-15/h4-10,12,14H,11,13H2,1-3H3/t14-/m1/s1. The Balaban J connectivity index is 1.64. The number of aromatic nitrogens is 2. The third kappa shape index (κ3) is 4.46. The highest BCUT2D eigenvalue weighted by Gasteiger charge is 2.16. The minimum absolute atomic E-state index is 0.156. The first-order valence-electron chi connectivity index (χ1n) is 8.45. The molecule has 0 aliphatic rings. The second kappa shape index (κ2) is 8.10. The topological polar surface area (TPSA) is 51.4 Å². The van der Waals surface area contributed by atoms with E-state index in [-0.39, 0.29) is 11.9 Å². The molecule has 136 valence electrons. The Bertz CT molecular complexity index is 866. The van der Waals surface area contributed by atoms with E-state index >= 15 is 0 Å². The molecule has 0 aliphatic carbocycles.